The lowest BCUT2D eigenvalue weighted by molar-refractivity contribution is -0.139. The summed E-state index contributed by atoms with van der Waals surface area (Å²) in [5.41, 5.74) is 2.39. The van der Waals surface area contributed by atoms with Crippen LogP contribution in [0.25, 0.3) is 10.9 Å². The van der Waals surface area contributed by atoms with Gasteiger partial charge >= 0.3 is 5.97 Å². The van der Waals surface area contributed by atoms with Crippen molar-refractivity contribution in [3.05, 3.63) is 36.0 Å². The molecular weight excluding hydrogens is 408 g/mol. The number of piperidine rings is 2. The second kappa shape index (κ2) is 10.6. The highest BCUT2D eigenvalue weighted by atomic mass is 16.5. The number of hydrogen-bond donors (Lipinski definition) is 0. The Hall–Kier alpha value is -1.81. The van der Waals surface area contributed by atoms with Crippen LogP contribution < -0.4 is 0 Å². The minimum Gasteiger partial charge on any atom is -0.469 e. The smallest absolute Gasteiger partial charge is 0.310 e. The van der Waals surface area contributed by atoms with Gasteiger partial charge < -0.3 is 9.30 Å². The number of benzene rings is 1. The zero-order valence-corrected chi connectivity index (χ0v) is 20.5. The number of para-hydroxylation sites is 1. The third-order valence-corrected chi connectivity index (χ3v) is 8.78. The van der Waals surface area contributed by atoms with Crippen molar-refractivity contribution in [2.24, 2.45) is 0 Å². The molecule has 5 rings (SSSR count). The molecule has 2 bridgehead atoms. The fourth-order valence-electron chi connectivity index (χ4n) is 7.25. The van der Waals surface area contributed by atoms with Crippen molar-refractivity contribution in [3.63, 3.8) is 0 Å². The van der Waals surface area contributed by atoms with E-state index in [2.05, 4.69) is 39.9 Å². The molecule has 180 valence electrons. The molecule has 1 saturated carbocycles. The summed E-state index contributed by atoms with van der Waals surface area (Å²) in [4.78, 5) is 15.1. The standard InChI is InChI=1S/C29H42N2O2/c1-33-29(32)18-22-21-30(28-17-10-9-16-27(22)28)26-19-24-14-11-15-25(20-26)31(24)23-12-7-5-3-2-4-6-8-13-23/h9-10,16-17,21,23-26H,2-8,11-15,18-20H2,1H3/t24-,25?,26?/m0/s1. The van der Waals surface area contributed by atoms with Crippen LogP contribution in [0.2, 0.25) is 0 Å². The van der Waals surface area contributed by atoms with Gasteiger partial charge in [-0.15, -0.1) is 0 Å². The van der Waals surface area contributed by atoms with E-state index in [1.807, 2.05) is 0 Å². The Morgan fingerprint density at radius 3 is 2.09 bits per heavy atom. The molecule has 3 aliphatic rings. The molecule has 0 N–H and O–H groups in total. The molecule has 1 aromatic heterocycles. The Kier molecular flexibility index (Phi) is 7.40. The quantitative estimate of drug-likeness (QED) is 0.480. The van der Waals surface area contributed by atoms with E-state index in [1.165, 1.54) is 108 Å². The summed E-state index contributed by atoms with van der Waals surface area (Å²) in [5.74, 6) is -0.152. The highest BCUT2D eigenvalue weighted by Gasteiger charge is 2.42. The summed E-state index contributed by atoms with van der Waals surface area (Å²) in [5, 5.41) is 1.21. The van der Waals surface area contributed by atoms with Crippen LogP contribution in [0.3, 0.4) is 0 Å². The molecule has 3 fully saturated rings. The van der Waals surface area contributed by atoms with Crippen LogP contribution in [0.5, 0.6) is 0 Å². The van der Waals surface area contributed by atoms with E-state index in [4.69, 9.17) is 4.74 Å². The lowest BCUT2D eigenvalue weighted by atomic mass is 9.79. The van der Waals surface area contributed by atoms with Gasteiger partial charge in [-0.3, -0.25) is 9.69 Å². The molecule has 4 heteroatoms. The predicted molar refractivity (Wildman–Crippen MR) is 135 cm³/mol. The molecule has 0 amide bonds. The first-order valence-corrected chi connectivity index (χ1v) is 13.7. The minimum absolute atomic E-state index is 0.152. The van der Waals surface area contributed by atoms with Crippen molar-refractivity contribution in [2.45, 2.75) is 120 Å². The lowest BCUT2D eigenvalue weighted by Gasteiger charge is -2.53. The maximum absolute atomic E-state index is 12.0. The maximum atomic E-state index is 12.0. The van der Waals surface area contributed by atoms with Gasteiger partial charge in [0.25, 0.3) is 0 Å². The van der Waals surface area contributed by atoms with Gasteiger partial charge in [-0.2, -0.15) is 0 Å². The minimum atomic E-state index is -0.152. The normalized spacial score (nSPS) is 28.0. The third-order valence-electron chi connectivity index (χ3n) is 8.78. The zero-order chi connectivity index (χ0) is 22.6. The number of aromatic nitrogens is 1. The van der Waals surface area contributed by atoms with Crippen molar-refractivity contribution >= 4 is 16.9 Å². The van der Waals surface area contributed by atoms with Gasteiger partial charge in [-0.05, 0) is 50.2 Å². The first kappa shape index (κ1) is 23.0. The maximum Gasteiger partial charge on any atom is 0.310 e. The van der Waals surface area contributed by atoms with Crippen molar-refractivity contribution in [2.75, 3.05) is 7.11 Å². The van der Waals surface area contributed by atoms with Crippen molar-refractivity contribution in [1.82, 2.24) is 9.47 Å². The molecule has 3 heterocycles. The summed E-state index contributed by atoms with van der Waals surface area (Å²) in [6.07, 6.45) is 22.1. The fourth-order valence-corrected chi connectivity index (χ4v) is 7.25. The monoisotopic (exact) mass is 450 g/mol. The molecule has 33 heavy (non-hydrogen) atoms. The second-order valence-electron chi connectivity index (χ2n) is 10.8. The van der Waals surface area contributed by atoms with Crippen LogP contribution >= 0.6 is 0 Å². The molecule has 2 aliphatic heterocycles. The van der Waals surface area contributed by atoms with Crippen LogP contribution in [0.15, 0.2) is 30.5 Å². The summed E-state index contributed by atoms with van der Waals surface area (Å²) in [6.45, 7) is 0. The SMILES string of the molecule is COC(=O)Cc1cn(C2CC3CCC[C@@H](C2)N3C2CCCCCCCCC2)c2ccccc12. The number of hydrogen-bond acceptors (Lipinski definition) is 3. The number of carbonyl (C=O) groups is 1. The Morgan fingerprint density at radius 2 is 1.42 bits per heavy atom. The number of carbonyl (C=O) groups excluding carboxylic acids is 1. The molecule has 2 unspecified atom stereocenters. The Morgan fingerprint density at radius 1 is 0.818 bits per heavy atom. The highest BCUT2D eigenvalue weighted by molar-refractivity contribution is 5.88. The zero-order valence-electron chi connectivity index (χ0n) is 20.5. The molecule has 0 radical (unpaired) electrons. The van der Waals surface area contributed by atoms with E-state index in [-0.39, 0.29) is 5.97 Å². The topological polar surface area (TPSA) is 34.5 Å². The van der Waals surface area contributed by atoms with Gasteiger partial charge in [-0.25, -0.2) is 0 Å². The van der Waals surface area contributed by atoms with Crippen molar-refractivity contribution in [3.8, 4) is 0 Å². The first-order valence-electron chi connectivity index (χ1n) is 13.7. The number of esters is 1. The molecular formula is C29H42N2O2. The lowest BCUT2D eigenvalue weighted by Crippen LogP contribution is -2.56. The molecule has 1 aliphatic carbocycles. The van der Waals surface area contributed by atoms with Crippen LogP contribution in [0.1, 0.15) is 101 Å². The Bertz CT molecular complexity index is 911. The van der Waals surface area contributed by atoms with Crippen LogP contribution in [0, 0.1) is 0 Å². The number of ether oxygens (including phenoxy) is 1. The van der Waals surface area contributed by atoms with Crippen LogP contribution in [0.4, 0.5) is 0 Å². The van der Waals surface area contributed by atoms with E-state index in [0.717, 1.165) is 23.7 Å². The number of rotatable bonds is 4. The molecule has 4 nitrogen and oxygen atoms in total. The average molecular weight is 451 g/mol. The average Bonchev–Trinajstić information content (AvgIpc) is 3.20. The van der Waals surface area contributed by atoms with Gasteiger partial charge in [0.1, 0.15) is 0 Å². The molecule has 0 spiro atoms. The summed E-state index contributed by atoms with van der Waals surface area (Å²) < 4.78 is 7.50. The van der Waals surface area contributed by atoms with Gasteiger partial charge in [-0.1, -0.05) is 69.6 Å². The van der Waals surface area contributed by atoms with Crippen LogP contribution in [-0.4, -0.2) is 40.7 Å². The Balaban J connectivity index is 1.38. The van der Waals surface area contributed by atoms with E-state index in [9.17, 15) is 4.79 Å². The van der Waals surface area contributed by atoms with Crippen molar-refractivity contribution < 1.29 is 9.53 Å². The molecule has 3 atom stereocenters. The summed E-state index contributed by atoms with van der Waals surface area (Å²) >= 11 is 0. The second-order valence-corrected chi connectivity index (χ2v) is 10.8. The summed E-state index contributed by atoms with van der Waals surface area (Å²) in [7, 11) is 1.48. The predicted octanol–water partition coefficient (Wildman–Crippen LogP) is 6.81. The number of fused-ring (bicyclic) bond motifs is 3. The summed E-state index contributed by atoms with van der Waals surface area (Å²) in [6, 6.07) is 11.4. The van der Waals surface area contributed by atoms with E-state index in [0.29, 0.717) is 12.5 Å². The van der Waals surface area contributed by atoms with Crippen molar-refractivity contribution in [1.29, 1.82) is 0 Å². The van der Waals surface area contributed by atoms with Gasteiger partial charge in [0, 0.05) is 41.3 Å². The Labute approximate surface area is 199 Å². The molecule has 2 aromatic rings. The highest BCUT2D eigenvalue weighted by Crippen LogP contribution is 2.43. The van der Waals surface area contributed by atoms with E-state index in [1.54, 1.807) is 0 Å². The van der Waals surface area contributed by atoms with Crippen LogP contribution in [-0.2, 0) is 16.0 Å². The van der Waals surface area contributed by atoms with Gasteiger partial charge in [0.05, 0.1) is 13.5 Å². The number of methoxy groups -OCH3 is 1. The third kappa shape index (κ3) is 5.01. The molecule has 1 aromatic carbocycles. The van der Waals surface area contributed by atoms with E-state index < -0.39 is 0 Å². The van der Waals surface area contributed by atoms with Gasteiger partial charge in [0.2, 0.25) is 0 Å². The van der Waals surface area contributed by atoms with Gasteiger partial charge in [0.15, 0.2) is 0 Å². The first-order chi connectivity index (χ1) is 16.2. The molecule has 2 saturated heterocycles. The largest absolute Gasteiger partial charge is 0.469 e. The number of nitrogens with zero attached hydrogens (tertiary/aromatic N) is 2. The fraction of sp³-hybridized carbons (Fsp3) is 0.690. The van der Waals surface area contributed by atoms with E-state index >= 15 is 0 Å².